The number of rotatable bonds is 8. The lowest BCUT2D eigenvalue weighted by Gasteiger charge is -2.21. The Bertz CT molecular complexity index is 537. The van der Waals surface area contributed by atoms with Crippen LogP contribution in [-0.4, -0.2) is 49.1 Å². The highest BCUT2D eigenvalue weighted by atomic mass is 79.9. The van der Waals surface area contributed by atoms with Crippen LogP contribution in [0.3, 0.4) is 0 Å². The maximum atomic E-state index is 12.6. The summed E-state index contributed by atoms with van der Waals surface area (Å²) in [6.07, 6.45) is 2.42. The summed E-state index contributed by atoms with van der Waals surface area (Å²) in [5.74, 6) is 0.339. The fourth-order valence-electron chi connectivity index (χ4n) is 1.69. The van der Waals surface area contributed by atoms with Gasteiger partial charge >= 0.3 is 0 Å². The largest absolute Gasteiger partial charge is 0.395 e. The van der Waals surface area contributed by atoms with Gasteiger partial charge in [0.05, 0.1) is 6.61 Å². The Morgan fingerprint density at radius 1 is 1.45 bits per heavy atom. The smallest absolute Gasteiger partial charge is 0.246 e. The van der Waals surface area contributed by atoms with E-state index in [9.17, 15) is 8.42 Å². The van der Waals surface area contributed by atoms with Crippen molar-refractivity contribution in [1.82, 2.24) is 9.29 Å². The van der Waals surface area contributed by atoms with Gasteiger partial charge in [-0.3, -0.25) is 0 Å². The van der Waals surface area contributed by atoms with Crippen molar-refractivity contribution in [2.24, 2.45) is 0 Å². The molecule has 20 heavy (non-hydrogen) atoms. The molecule has 0 fully saturated rings. The van der Waals surface area contributed by atoms with Crippen LogP contribution in [0.4, 0.5) is 5.82 Å². The van der Waals surface area contributed by atoms with Crippen LogP contribution < -0.4 is 5.32 Å². The minimum absolute atomic E-state index is 0.0680. The molecular weight excluding hydrogens is 346 g/mol. The average Bonchev–Trinajstić information content (AvgIpc) is 2.43. The molecule has 1 heterocycles. The van der Waals surface area contributed by atoms with Crippen molar-refractivity contribution >= 4 is 31.8 Å². The van der Waals surface area contributed by atoms with Crippen molar-refractivity contribution in [2.45, 2.75) is 25.2 Å². The number of hydrogen-bond donors (Lipinski definition) is 2. The first kappa shape index (κ1) is 17.4. The number of aliphatic hydroxyl groups is 1. The van der Waals surface area contributed by atoms with Crippen LogP contribution in [0.2, 0.25) is 0 Å². The van der Waals surface area contributed by atoms with Crippen molar-refractivity contribution in [1.29, 1.82) is 0 Å². The first-order chi connectivity index (χ1) is 9.47. The molecule has 0 amide bonds. The lowest BCUT2D eigenvalue weighted by molar-refractivity contribution is 0.257. The van der Waals surface area contributed by atoms with E-state index in [-0.39, 0.29) is 18.0 Å². The van der Waals surface area contributed by atoms with Gasteiger partial charge in [-0.15, -0.1) is 0 Å². The van der Waals surface area contributed by atoms with Crippen LogP contribution in [-0.2, 0) is 10.0 Å². The lowest BCUT2D eigenvalue weighted by Crippen LogP contribution is -2.34. The van der Waals surface area contributed by atoms with Gasteiger partial charge in [-0.05, 0) is 28.4 Å². The summed E-state index contributed by atoms with van der Waals surface area (Å²) in [7, 11) is -3.68. The Morgan fingerprint density at radius 2 is 2.15 bits per heavy atom. The van der Waals surface area contributed by atoms with E-state index in [2.05, 4.69) is 26.2 Å². The first-order valence-electron chi connectivity index (χ1n) is 6.47. The van der Waals surface area contributed by atoms with E-state index in [0.717, 1.165) is 6.42 Å². The summed E-state index contributed by atoms with van der Waals surface area (Å²) in [6.45, 7) is 4.51. The van der Waals surface area contributed by atoms with E-state index in [0.29, 0.717) is 23.4 Å². The van der Waals surface area contributed by atoms with Gasteiger partial charge in [0.15, 0.2) is 0 Å². The SMILES string of the molecule is CCCNc1ncc(Br)cc1S(=O)(=O)N(CC)CCO. The van der Waals surface area contributed by atoms with Crippen molar-refractivity contribution in [3.05, 3.63) is 16.7 Å². The minimum Gasteiger partial charge on any atom is -0.395 e. The molecule has 0 saturated carbocycles. The third-order valence-corrected chi connectivity index (χ3v) is 5.10. The number of aromatic nitrogens is 1. The molecule has 2 N–H and O–H groups in total. The molecule has 114 valence electrons. The van der Waals surface area contributed by atoms with Gasteiger partial charge in [-0.25, -0.2) is 13.4 Å². The number of sulfonamides is 1. The molecule has 0 unspecified atom stereocenters. The first-order valence-corrected chi connectivity index (χ1v) is 8.71. The molecule has 0 aliphatic carbocycles. The Hall–Kier alpha value is -0.700. The van der Waals surface area contributed by atoms with Crippen LogP contribution in [0.1, 0.15) is 20.3 Å². The highest BCUT2D eigenvalue weighted by Gasteiger charge is 2.26. The Labute approximate surface area is 128 Å². The van der Waals surface area contributed by atoms with Crippen molar-refractivity contribution in [2.75, 3.05) is 31.6 Å². The summed E-state index contributed by atoms with van der Waals surface area (Å²) in [4.78, 5) is 4.25. The Kier molecular flexibility index (Phi) is 6.87. The number of hydrogen-bond acceptors (Lipinski definition) is 5. The standard InChI is InChI=1S/C12H20BrN3O3S/c1-3-5-14-12-11(8-10(13)9-15-12)20(18,19)16(4-2)6-7-17/h8-9,17H,3-7H2,1-2H3,(H,14,15). The van der Waals surface area contributed by atoms with Crippen molar-refractivity contribution in [3.63, 3.8) is 0 Å². The van der Waals surface area contributed by atoms with Crippen LogP contribution in [0.15, 0.2) is 21.6 Å². The van der Waals surface area contributed by atoms with E-state index < -0.39 is 10.0 Å². The quantitative estimate of drug-likeness (QED) is 0.731. The molecular formula is C12H20BrN3O3S. The van der Waals surface area contributed by atoms with Gasteiger partial charge in [0.25, 0.3) is 0 Å². The van der Waals surface area contributed by atoms with E-state index >= 15 is 0 Å². The number of nitrogens with one attached hydrogen (secondary N) is 1. The molecule has 0 aliphatic rings. The van der Waals surface area contributed by atoms with Crippen molar-refractivity contribution in [3.8, 4) is 0 Å². The van der Waals surface area contributed by atoms with Gasteiger partial charge < -0.3 is 10.4 Å². The predicted octanol–water partition coefficient (Wildman–Crippen LogP) is 1.67. The average molecular weight is 366 g/mol. The fraction of sp³-hybridized carbons (Fsp3) is 0.583. The van der Waals surface area contributed by atoms with E-state index in [1.807, 2.05) is 6.92 Å². The molecule has 0 saturated heterocycles. The van der Waals surface area contributed by atoms with Gasteiger partial charge in [0, 0.05) is 30.3 Å². The highest BCUT2D eigenvalue weighted by molar-refractivity contribution is 9.10. The van der Waals surface area contributed by atoms with Crippen LogP contribution >= 0.6 is 15.9 Å². The molecule has 1 aromatic heterocycles. The molecule has 0 radical (unpaired) electrons. The number of likely N-dealkylation sites (N-methyl/N-ethyl adjacent to an activating group) is 1. The summed E-state index contributed by atoms with van der Waals surface area (Å²) in [6, 6.07) is 1.53. The number of pyridine rings is 1. The number of anilines is 1. The molecule has 0 bridgehead atoms. The highest BCUT2D eigenvalue weighted by Crippen LogP contribution is 2.25. The molecule has 0 aromatic carbocycles. The molecule has 6 nitrogen and oxygen atoms in total. The van der Waals surface area contributed by atoms with Crippen molar-refractivity contribution < 1.29 is 13.5 Å². The fourth-order valence-corrected chi connectivity index (χ4v) is 3.76. The van der Waals surface area contributed by atoms with E-state index in [1.54, 1.807) is 13.1 Å². The topological polar surface area (TPSA) is 82.5 Å². The molecule has 0 aliphatic heterocycles. The third kappa shape index (κ3) is 4.15. The van der Waals surface area contributed by atoms with Crippen LogP contribution in [0.5, 0.6) is 0 Å². The maximum Gasteiger partial charge on any atom is 0.246 e. The Morgan fingerprint density at radius 3 is 2.70 bits per heavy atom. The number of halogens is 1. The summed E-state index contributed by atoms with van der Waals surface area (Å²) in [5.41, 5.74) is 0. The monoisotopic (exact) mass is 365 g/mol. The molecule has 1 aromatic rings. The van der Waals surface area contributed by atoms with Crippen LogP contribution in [0, 0.1) is 0 Å². The zero-order chi connectivity index (χ0) is 15.2. The summed E-state index contributed by atoms with van der Waals surface area (Å²) >= 11 is 3.24. The van der Waals surface area contributed by atoms with E-state index in [4.69, 9.17) is 5.11 Å². The van der Waals surface area contributed by atoms with Gasteiger partial charge in [0.2, 0.25) is 10.0 Å². The molecule has 8 heteroatoms. The normalized spacial score (nSPS) is 11.8. The van der Waals surface area contributed by atoms with Gasteiger partial charge in [-0.2, -0.15) is 4.31 Å². The number of nitrogens with zero attached hydrogens (tertiary/aromatic N) is 2. The predicted molar refractivity (Wildman–Crippen MR) is 82.2 cm³/mol. The third-order valence-electron chi connectivity index (χ3n) is 2.68. The second kappa shape index (κ2) is 7.92. The second-order valence-corrected chi connectivity index (χ2v) is 6.97. The van der Waals surface area contributed by atoms with Gasteiger partial charge in [-0.1, -0.05) is 13.8 Å². The molecule has 1 rings (SSSR count). The molecule has 0 atom stereocenters. The molecule has 0 spiro atoms. The zero-order valence-electron chi connectivity index (χ0n) is 11.6. The maximum absolute atomic E-state index is 12.6. The minimum atomic E-state index is -3.68. The Balaban J connectivity index is 3.24. The summed E-state index contributed by atoms with van der Waals surface area (Å²) < 4.78 is 27.0. The number of aliphatic hydroxyl groups excluding tert-OH is 1. The van der Waals surface area contributed by atoms with Gasteiger partial charge in [0.1, 0.15) is 10.7 Å². The van der Waals surface area contributed by atoms with E-state index in [1.165, 1.54) is 10.4 Å². The van der Waals surface area contributed by atoms with Crippen LogP contribution in [0.25, 0.3) is 0 Å². The lowest BCUT2D eigenvalue weighted by atomic mass is 10.4. The summed E-state index contributed by atoms with van der Waals surface area (Å²) in [5, 5.41) is 12.0. The zero-order valence-corrected chi connectivity index (χ0v) is 14.0. The second-order valence-electron chi connectivity index (χ2n) is 4.15.